The highest BCUT2D eigenvalue weighted by atomic mass is 16.7. The molecule has 1 fully saturated rings. The number of rotatable bonds is 1. The van der Waals surface area contributed by atoms with Crippen LogP contribution in [0.1, 0.15) is 40.5 Å². The van der Waals surface area contributed by atoms with Gasteiger partial charge in [-0.05, 0) is 20.8 Å². The van der Waals surface area contributed by atoms with E-state index in [0.717, 1.165) is 0 Å². The van der Waals surface area contributed by atoms with Gasteiger partial charge >= 0.3 is 6.09 Å². The molecule has 2 aliphatic heterocycles. The largest absolute Gasteiger partial charge is 0.426 e. The summed E-state index contributed by atoms with van der Waals surface area (Å²) in [5, 5.41) is 4.46. The van der Waals surface area contributed by atoms with E-state index in [9.17, 15) is 9.59 Å². The highest BCUT2D eigenvalue weighted by Gasteiger charge is 2.40. The van der Waals surface area contributed by atoms with Crippen LogP contribution in [0.4, 0.5) is 4.79 Å². The first kappa shape index (κ1) is 15.9. The minimum absolute atomic E-state index is 0.0354. The summed E-state index contributed by atoms with van der Waals surface area (Å²) in [5.74, 6) is 0.309. The second-order valence-corrected chi connectivity index (χ2v) is 6.91. The lowest BCUT2D eigenvalue weighted by Crippen LogP contribution is -2.49. The third kappa shape index (κ3) is 4.03. The molecular formula is C15H25N3O3. The Morgan fingerprint density at radius 1 is 1.48 bits per heavy atom. The van der Waals surface area contributed by atoms with Gasteiger partial charge in [-0.3, -0.25) is 9.79 Å². The SMILES string of the molecule is CC1C(=O)CCN(OC(=O)NC(C)(C)C)C2CC=NCC12. The summed E-state index contributed by atoms with van der Waals surface area (Å²) >= 11 is 0. The average molecular weight is 295 g/mol. The van der Waals surface area contributed by atoms with E-state index in [2.05, 4.69) is 10.3 Å². The maximum Gasteiger partial charge on any atom is 0.426 e. The van der Waals surface area contributed by atoms with Crippen LogP contribution in [0.5, 0.6) is 0 Å². The smallest absolute Gasteiger partial charge is 0.351 e. The molecule has 1 amide bonds. The van der Waals surface area contributed by atoms with Crippen molar-refractivity contribution in [3.05, 3.63) is 0 Å². The molecular weight excluding hydrogens is 270 g/mol. The lowest BCUT2D eigenvalue weighted by atomic mass is 9.82. The molecule has 2 rings (SSSR count). The molecule has 2 heterocycles. The van der Waals surface area contributed by atoms with Crippen molar-refractivity contribution in [1.29, 1.82) is 0 Å². The van der Waals surface area contributed by atoms with E-state index in [1.165, 1.54) is 0 Å². The Kier molecular flexibility index (Phi) is 4.66. The summed E-state index contributed by atoms with van der Waals surface area (Å²) in [6, 6.07) is 0.0367. The Morgan fingerprint density at radius 3 is 2.86 bits per heavy atom. The predicted octanol–water partition coefficient (Wildman–Crippen LogP) is 1.80. The number of Topliss-reactive ketones (excluding diaryl/α,β-unsaturated/α-hetero) is 1. The van der Waals surface area contributed by atoms with Gasteiger partial charge in [0.25, 0.3) is 0 Å². The molecule has 3 unspecified atom stereocenters. The van der Waals surface area contributed by atoms with Gasteiger partial charge in [0.05, 0.1) is 6.04 Å². The zero-order valence-corrected chi connectivity index (χ0v) is 13.3. The fourth-order valence-electron chi connectivity index (χ4n) is 2.90. The number of carbonyl (C=O) groups is 2. The van der Waals surface area contributed by atoms with Crippen molar-refractivity contribution >= 4 is 18.1 Å². The second-order valence-electron chi connectivity index (χ2n) is 6.91. The number of hydroxylamine groups is 2. The third-order valence-corrected chi connectivity index (χ3v) is 4.06. The quantitative estimate of drug-likeness (QED) is 0.800. The van der Waals surface area contributed by atoms with Crippen LogP contribution < -0.4 is 5.32 Å². The number of nitrogens with one attached hydrogen (secondary N) is 1. The van der Waals surface area contributed by atoms with E-state index < -0.39 is 6.09 Å². The molecule has 3 atom stereocenters. The van der Waals surface area contributed by atoms with Crippen molar-refractivity contribution in [3.63, 3.8) is 0 Å². The first-order valence-electron chi connectivity index (χ1n) is 7.55. The molecule has 2 aliphatic rings. The van der Waals surface area contributed by atoms with E-state index in [1.807, 2.05) is 33.9 Å². The highest BCUT2D eigenvalue weighted by Crippen LogP contribution is 2.30. The molecule has 6 nitrogen and oxygen atoms in total. The number of ketones is 1. The number of aliphatic imine (C=N–C) groups is 1. The maximum atomic E-state index is 12.1. The number of carbonyl (C=O) groups excluding carboxylic acids is 2. The number of nitrogens with zero attached hydrogens (tertiary/aromatic N) is 2. The molecule has 6 heteroatoms. The van der Waals surface area contributed by atoms with Crippen LogP contribution in [-0.2, 0) is 9.63 Å². The Labute approximate surface area is 125 Å². The van der Waals surface area contributed by atoms with Gasteiger partial charge < -0.3 is 10.2 Å². The van der Waals surface area contributed by atoms with E-state index in [4.69, 9.17) is 4.84 Å². The number of hydrogen-bond acceptors (Lipinski definition) is 5. The predicted molar refractivity (Wildman–Crippen MR) is 80.1 cm³/mol. The highest BCUT2D eigenvalue weighted by molar-refractivity contribution is 5.82. The lowest BCUT2D eigenvalue weighted by Gasteiger charge is -2.35. The molecule has 0 saturated carbocycles. The molecule has 21 heavy (non-hydrogen) atoms. The van der Waals surface area contributed by atoms with Gasteiger partial charge in [0.15, 0.2) is 0 Å². The zero-order valence-electron chi connectivity index (χ0n) is 13.3. The van der Waals surface area contributed by atoms with Gasteiger partial charge in [-0.25, -0.2) is 4.79 Å². The number of hydrogen-bond donors (Lipinski definition) is 1. The van der Waals surface area contributed by atoms with Crippen LogP contribution in [-0.4, -0.2) is 47.8 Å². The van der Waals surface area contributed by atoms with Crippen molar-refractivity contribution in [2.75, 3.05) is 13.1 Å². The van der Waals surface area contributed by atoms with E-state index in [0.29, 0.717) is 25.9 Å². The van der Waals surface area contributed by atoms with E-state index in [-0.39, 0.29) is 29.2 Å². The summed E-state index contributed by atoms with van der Waals surface area (Å²) in [6.45, 7) is 8.74. The number of amides is 1. The fourth-order valence-corrected chi connectivity index (χ4v) is 2.90. The second kappa shape index (κ2) is 6.13. The van der Waals surface area contributed by atoms with Crippen molar-refractivity contribution in [3.8, 4) is 0 Å². The Balaban J connectivity index is 2.09. The summed E-state index contributed by atoms with van der Waals surface area (Å²) in [7, 11) is 0. The molecule has 1 saturated heterocycles. The summed E-state index contributed by atoms with van der Waals surface area (Å²) in [4.78, 5) is 33.9. The first-order valence-corrected chi connectivity index (χ1v) is 7.55. The molecule has 0 aliphatic carbocycles. The summed E-state index contributed by atoms with van der Waals surface area (Å²) in [6.07, 6.45) is 2.52. The fraction of sp³-hybridized carbons (Fsp3) is 0.800. The van der Waals surface area contributed by atoms with Crippen molar-refractivity contribution in [2.45, 2.75) is 52.1 Å². The summed E-state index contributed by atoms with van der Waals surface area (Å²) < 4.78 is 0. The molecule has 0 aromatic carbocycles. The molecule has 0 aromatic heterocycles. The monoisotopic (exact) mass is 295 g/mol. The molecule has 0 aromatic rings. The third-order valence-electron chi connectivity index (χ3n) is 4.06. The molecule has 0 bridgehead atoms. The van der Waals surface area contributed by atoms with Gasteiger partial charge in [0.1, 0.15) is 5.78 Å². The maximum absolute atomic E-state index is 12.1. The Morgan fingerprint density at radius 2 is 2.19 bits per heavy atom. The Hall–Kier alpha value is -1.43. The van der Waals surface area contributed by atoms with Crippen LogP contribution in [0, 0.1) is 11.8 Å². The van der Waals surface area contributed by atoms with Crippen LogP contribution in [0.15, 0.2) is 4.99 Å². The first-order chi connectivity index (χ1) is 9.78. The standard InChI is InChI=1S/C15H25N3O3/c1-10-11-9-16-7-5-12(11)18(8-6-13(10)19)21-14(20)17-15(2,3)4/h7,10-12H,5-6,8-9H2,1-4H3,(H,17,20). The van der Waals surface area contributed by atoms with Crippen molar-refractivity contribution in [2.24, 2.45) is 16.8 Å². The van der Waals surface area contributed by atoms with Crippen LogP contribution >= 0.6 is 0 Å². The molecule has 1 N–H and O–H groups in total. The van der Waals surface area contributed by atoms with Gasteiger partial charge in [-0.2, -0.15) is 0 Å². The van der Waals surface area contributed by atoms with Gasteiger partial charge in [0, 0.05) is 49.5 Å². The molecule has 118 valence electrons. The minimum Gasteiger partial charge on any atom is -0.351 e. The van der Waals surface area contributed by atoms with Crippen molar-refractivity contribution < 1.29 is 14.4 Å². The normalized spacial score (nSPS) is 30.5. The summed E-state index contributed by atoms with van der Waals surface area (Å²) in [5.41, 5.74) is -0.348. The van der Waals surface area contributed by atoms with Crippen LogP contribution in [0.3, 0.4) is 0 Å². The Bertz CT molecular complexity index is 442. The van der Waals surface area contributed by atoms with E-state index in [1.54, 1.807) is 5.06 Å². The minimum atomic E-state index is -0.467. The van der Waals surface area contributed by atoms with Crippen LogP contribution in [0.25, 0.3) is 0 Å². The number of fused-ring (bicyclic) bond motifs is 1. The lowest BCUT2D eigenvalue weighted by molar-refractivity contribution is -0.141. The van der Waals surface area contributed by atoms with Gasteiger partial charge in [0.2, 0.25) is 0 Å². The van der Waals surface area contributed by atoms with Gasteiger partial charge in [-0.15, -0.1) is 5.06 Å². The molecule has 0 radical (unpaired) electrons. The molecule has 0 spiro atoms. The zero-order chi connectivity index (χ0) is 15.6. The topological polar surface area (TPSA) is 71.0 Å². The van der Waals surface area contributed by atoms with Crippen LogP contribution in [0.2, 0.25) is 0 Å². The average Bonchev–Trinajstić information content (AvgIpc) is 2.50. The van der Waals surface area contributed by atoms with Gasteiger partial charge in [-0.1, -0.05) is 6.92 Å². The van der Waals surface area contributed by atoms with Crippen molar-refractivity contribution in [1.82, 2.24) is 10.4 Å². The van der Waals surface area contributed by atoms with E-state index >= 15 is 0 Å².